The first kappa shape index (κ1) is 19.1. The number of nitrogens with zero attached hydrogens (tertiary/aromatic N) is 1. The van der Waals surface area contributed by atoms with Crippen LogP contribution in [-0.2, 0) is 9.53 Å². The van der Waals surface area contributed by atoms with E-state index in [2.05, 4.69) is 42.2 Å². The molecule has 0 radical (unpaired) electrons. The fraction of sp³-hybridized carbons (Fsp3) is 0.154. The maximum atomic E-state index is 13.3. The number of rotatable bonds is 4. The number of nitrogens with one attached hydrogen (secondary N) is 1. The predicted molar refractivity (Wildman–Crippen MR) is 120 cm³/mol. The van der Waals surface area contributed by atoms with Gasteiger partial charge in [-0.05, 0) is 30.2 Å². The van der Waals surface area contributed by atoms with Crippen molar-refractivity contribution in [2.75, 3.05) is 13.7 Å². The Hall–Kier alpha value is -3.86. The molecular weight excluding hydrogens is 388 g/mol. The van der Waals surface area contributed by atoms with Crippen LogP contribution >= 0.6 is 0 Å². The molecule has 0 bridgehead atoms. The summed E-state index contributed by atoms with van der Waals surface area (Å²) in [6.07, 6.45) is 0. The lowest BCUT2D eigenvalue weighted by Gasteiger charge is -2.25. The molecule has 5 heteroatoms. The van der Waals surface area contributed by atoms with E-state index in [0.29, 0.717) is 5.56 Å². The number of ether oxygens (including phenoxy) is 1. The van der Waals surface area contributed by atoms with Gasteiger partial charge in [0.1, 0.15) is 6.54 Å². The maximum absolute atomic E-state index is 13.3. The average molecular weight is 410 g/mol. The van der Waals surface area contributed by atoms with Gasteiger partial charge in [-0.15, -0.1) is 0 Å². The van der Waals surface area contributed by atoms with E-state index in [0.717, 1.165) is 33.3 Å². The first-order chi connectivity index (χ1) is 15.1. The van der Waals surface area contributed by atoms with Gasteiger partial charge in [0, 0.05) is 22.0 Å². The normalized spacial score (nSPS) is 15.4. The fourth-order valence-electron chi connectivity index (χ4n) is 4.44. The van der Waals surface area contributed by atoms with Crippen LogP contribution in [0.4, 0.5) is 0 Å². The summed E-state index contributed by atoms with van der Waals surface area (Å²) in [5.41, 5.74) is 6.66. The van der Waals surface area contributed by atoms with Crippen molar-refractivity contribution in [1.82, 2.24) is 9.88 Å². The predicted octanol–water partition coefficient (Wildman–Crippen LogP) is 4.86. The van der Waals surface area contributed by atoms with E-state index in [1.54, 1.807) is 4.90 Å². The topological polar surface area (TPSA) is 62.4 Å². The van der Waals surface area contributed by atoms with Crippen molar-refractivity contribution in [3.8, 4) is 11.3 Å². The van der Waals surface area contributed by atoms with E-state index < -0.39 is 12.0 Å². The molecule has 0 saturated heterocycles. The Kier molecular flexibility index (Phi) is 4.59. The van der Waals surface area contributed by atoms with Crippen molar-refractivity contribution in [3.05, 3.63) is 95.1 Å². The van der Waals surface area contributed by atoms with Gasteiger partial charge in [0.2, 0.25) is 0 Å². The van der Waals surface area contributed by atoms with Crippen molar-refractivity contribution in [2.24, 2.45) is 0 Å². The van der Waals surface area contributed by atoms with E-state index in [4.69, 9.17) is 4.74 Å². The molecule has 1 aromatic heterocycles. The summed E-state index contributed by atoms with van der Waals surface area (Å²) >= 11 is 0. The van der Waals surface area contributed by atoms with Crippen LogP contribution < -0.4 is 0 Å². The van der Waals surface area contributed by atoms with Crippen LogP contribution in [0, 0.1) is 6.92 Å². The fourth-order valence-corrected chi connectivity index (χ4v) is 4.44. The third kappa shape index (κ3) is 3.10. The molecule has 31 heavy (non-hydrogen) atoms. The highest BCUT2D eigenvalue weighted by atomic mass is 16.5. The lowest BCUT2D eigenvalue weighted by Crippen LogP contribution is -2.34. The highest BCUT2D eigenvalue weighted by Gasteiger charge is 2.41. The van der Waals surface area contributed by atoms with Gasteiger partial charge in [0.15, 0.2) is 0 Å². The molecule has 1 N–H and O–H groups in total. The maximum Gasteiger partial charge on any atom is 0.325 e. The molecule has 2 heterocycles. The Labute approximate surface area is 180 Å². The largest absolute Gasteiger partial charge is 0.468 e. The molecular formula is C26H22N2O3. The summed E-state index contributed by atoms with van der Waals surface area (Å²) in [5.74, 6) is -0.603. The Balaban J connectivity index is 1.78. The first-order valence-corrected chi connectivity index (χ1v) is 10.2. The summed E-state index contributed by atoms with van der Waals surface area (Å²) in [6, 6.07) is 23.6. The van der Waals surface area contributed by atoms with Crippen molar-refractivity contribution in [2.45, 2.75) is 13.0 Å². The Morgan fingerprint density at radius 3 is 2.48 bits per heavy atom. The van der Waals surface area contributed by atoms with Gasteiger partial charge < -0.3 is 14.6 Å². The number of fused-ring (bicyclic) bond motifs is 2. The number of benzene rings is 3. The monoisotopic (exact) mass is 410 g/mol. The lowest BCUT2D eigenvalue weighted by molar-refractivity contribution is -0.141. The number of esters is 1. The number of amides is 1. The molecule has 1 amide bonds. The average Bonchev–Trinajstić information content (AvgIpc) is 3.30. The van der Waals surface area contributed by atoms with E-state index in [9.17, 15) is 9.59 Å². The first-order valence-electron chi connectivity index (χ1n) is 10.2. The zero-order chi connectivity index (χ0) is 21.5. The van der Waals surface area contributed by atoms with E-state index >= 15 is 0 Å². The number of aromatic amines is 1. The van der Waals surface area contributed by atoms with Crippen LogP contribution in [0.3, 0.4) is 0 Å². The van der Waals surface area contributed by atoms with Gasteiger partial charge in [-0.2, -0.15) is 0 Å². The zero-order valence-electron chi connectivity index (χ0n) is 17.4. The standard InChI is InChI=1S/C26H22N2O3/c1-16-11-13-17(14-12-16)24-23(20-9-5-6-10-21(20)27-24)25-18-7-3-4-8-19(18)26(30)28(25)15-22(29)31-2/h3-14,25,27H,15H2,1-2H3/t25-/m0/s1. The van der Waals surface area contributed by atoms with Crippen LogP contribution in [0.1, 0.15) is 33.1 Å². The second kappa shape index (κ2) is 7.43. The summed E-state index contributed by atoms with van der Waals surface area (Å²) < 4.78 is 4.90. The second-order valence-electron chi connectivity index (χ2n) is 7.82. The van der Waals surface area contributed by atoms with Gasteiger partial charge >= 0.3 is 5.97 Å². The van der Waals surface area contributed by atoms with Crippen molar-refractivity contribution < 1.29 is 14.3 Å². The number of carbonyl (C=O) groups excluding carboxylic acids is 2. The van der Waals surface area contributed by atoms with E-state index in [-0.39, 0.29) is 12.5 Å². The number of hydrogen-bond donors (Lipinski definition) is 1. The van der Waals surface area contributed by atoms with Crippen LogP contribution in [0.5, 0.6) is 0 Å². The van der Waals surface area contributed by atoms with Gasteiger partial charge in [-0.25, -0.2) is 0 Å². The number of hydrogen-bond acceptors (Lipinski definition) is 3. The minimum Gasteiger partial charge on any atom is -0.468 e. The SMILES string of the molecule is COC(=O)CN1C(=O)c2ccccc2[C@H]1c1c(-c2ccc(C)cc2)[nH]c2ccccc12. The Morgan fingerprint density at radius 1 is 1.00 bits per heavy atom. The van der Waals surface area contributed by atoms with Crippen LogP contribution in [-0.4, -0.2) is 35.4 Å². The summed E-state index contributed by atoms with van der Waals surface area (Å²) in [5, 5.41) is 1.03. The summed E-state index contributed by atoms with van der Waals surface area (Å²) in [7, 11) is 1.34. The molecule has 0 unspecified atom stereocenters. The molecule has 0 fully saturated rings. The number of H-pyrrole nitrogens is 1. The van der Waals surface area contributed by atoms with Crippen LogP contribution in [0.15, 0.2) is 72.8 Å². The quantitative estimate of drug-likeness (QED) is 0.489. The van der Waals surface area contributed by atoms with Crippen LogP contribution in [0.2, 0.25) is 0 Å². The second-order valence-corrected chi connectivity index (χ2v) is 7.82. The third-order valence-corrected chi connectivity index (χ3v) is 5.95. The molecule has 5 nitrogen and oxygen atoms in total. The molecule has 0 aliphatic carbocycles. The molecule has 1 atom stereocenters. The third-order valence-electron chi connectivity index (χ3n) is 5.95. The molecule has 3 aromatic carbocycles. The smallest absolute Gasteiger partial charge is 0.325 e. The number of aryl methyl sites for hydroxylation is 1. The van der Waals surface area contributed by atoms with E-state index in [1.807, 2.05) is 42.5 Å². The number of carbonyl (C=O) groups is 2. The van der Waals surface area contributed by atoms with E-state index in [1.165, 1.54) is 12.7 Å². The molecule has 5 rings (SSSR count). The van der Waals surface area contributed by atoms with Crippen molar-refractivity contribution >= 4 is 22.8 Å². The lowest BCUT2D eigenvalue weighted by atomic mass is 9.93. The molecule has 1 aliphatic heterocycles. The van der Waals surface area contributed by atoms with Gasteiger partial charge in [0.25, 0.3) is 5.91 Å². The van der Waals surface area contributed by atoms with Gasteiger partial charge in [-0.3, -0.25) is 9.59 Å². The number of methoxy groups -OCH3 is 1. The molecule has 0 saturated carbocycles. The highest BCUT2D eigenvalue weighted by Crippen LogP contribution is 2.45. The van der Waals surface area contributed by atoms with Crippen molar-refractivity contribution in [1.29, 1.82) is 0 Å². The summed E-state index contributed by atoms with van der Waals surface area (Å²) in [6.45, 7) is 1.95. The Bertz CT molecular complexity index is 1300. The molecule has 0 spiro atoms. The minimum atomic E-state index is -0.442. The number of para-hydroxylation sites is 1. The van der Waals surface area contributed by atoms with Crippen LogP contribution in [0.25, 0.3) is 22.2 Å². The minimum absolute atomic E-state index is 0.110. The molecule has 4 aromatic rings. The van der Waals surface area contributed by atoms with Gasteiger partial charge in [-0.1, -0.05) is 66.2 Å². The highest BCUT2D eigenvalue weighted by molar-refractivity contribution is 6.03. The van der Waals surface area contributed by atoms with Gasteiger partial charge in [0.05, 0.1) is 18.8 Å². The number of aromatic nitrogens is 1. The molecule has 154 valence electrons. The Morgan fingerprint density at radius 2 is 1.71 bits per heavy atom. The van der Waals surface area contributed by atoms with Crippen molar-refractivity contribution in [3.63, 3.8) is 0 Å². The summed E-state index contributed by atoms with van der Waals surface area (Å²) in [4.78, 5) is 30.7. The zero-order valence-corrected chi connectivity index (χ0v) is 17.4. The molecule has 1 aliphatic rings.